The highest BCUT2D eigenvalue weighted by Crippen LogP contribution is 2.33. The van der Waals surface area contributed by atoms with E-state index in [1.165, 1.54) is 16.6 Å². The molecular weight excluding hydrogens is 452 g/mol. The van der Waals surface area contributed by atoms with Crippen LogP contribution in [0.5, 0.6) is 0 Å². The molecule has 0 spiro atoms. The Morgan fingerprint density at radius 2 is 1.83 bits per heavy atom. The zero-order valence-electron chi connectivity index (χ0n) is 20.6. The number of hydrogen-bond donors (Lipinski definition) is 0. The van der Waals surface area contributed by atoms with Crippen LogP contribution in [0.4, 0.5) is 5.69 Å². The Morgan fingerprint density at radius 1 is 1.00 bits per heavy atom. The van der Waals surface area contributed by atoms with Crippen LogP contribution in [0.2, 0.25) is 0 Å². The van der Waals surface area contributed by atoms with E-state index in [1.807, 2.05) is 30.5 Å². The molecule has 5 rings (SSSR count). The maximum absolute atomic E-state index is 12.8. The van der Waals surface area contributed by atoms with E-state index < -0.39 is 0 Å². The van der Waals surface area contributed by atoms with Crippen molar-refractivity contribution in [2.45, 2.75) is 39.2 Å². The number of nitrogens with zero attached hydrogens (tertiary/aromatic N) is 4. The van der Waals surface area contributed by atoms with Gasteiger partial charge in [0, 0.05) is 48.7 Å². The third-order valence-corrected chi connectivity index (χ3v) is 7.73. The summed E-state index contributed by atoms with van der Waals surface area (Å²) < 4.78 is 0. The molecule has 1 atom stereocenters. The van der Waals surface area contributed by atoms with Crippen LogP contribution in [0.1, 0.15) is 50.4 Å². The van der Waals surface area contributed by atoms with Gasteiger partial charge in [0.1, 0.15) is 11.0 Å². The Morgan fingerprint density at radius 3 is 2.60 bits per heavy atom. The van der Waals surface area contributed by atoms with Crippen LogP contribution in [-0.4, -0.2) is 46.8 Å². The molecule has 2 aromatic carbocycles. The number of anilines is 1. The molecule has 5 nitrogen and oxygen atoms in total. The normalized spacial score (nSPS) is 15.9. The number of carbonyl (C=O) groups is 1. The van der Waals surface area contributed by atoms with Crippen LogP contribution in [0.3, 0.4) is 0 Å². The third-order valence-electron chi connectivity index (χ3n) is 6.82. The van der Waals surface area contributed by atoms with Gasteiger partial charge in [-0.3, -0.25) is 14.7 Å². The van der Waals surface area contributed by atoms with E-state index in [1.54, 1.807) is 18.3 Å². The van der Waals surface area contributed by atoms with Crippen molar-refractivity contribution in [3.63, 3.8) is 0 Å². The number of Topliss-reactive ketones (excluding diaryl/α,β-unsaturated/α-hetero) is 1. The summed E-state index contributed by atoms with van der Waals surface area (Å²) in [6.07, 6.45) is 2.86. The second-order valence-corrected chi connectivity index (χ2v) is 10.5. The molecule has 1 aliphatic heterocycles. The predicted molar refractivity (Wildman–Crippen MR) is 145 cm³/mol. The van der Waals surface area contributed by atoms with Gasteiger partial charge in [-0.2, -0.15) is 0 Å². The van der Waals surface area contributed by atoms with Gasteiger partial charge in [0.05, 0.1) is 16.9 Å². The van der Waals surface area contributed by atoms with Crippen LogP contribution in [0.15, 0.2) is 66.2 Å². The maximum Gasteiger partial charge on any atom is 0.153 e. The van der Waals surface area contributed by atoms with Crippen molar-refractivity contribution in [2.75, 3.05) is 31.1 Å². The zero-order chi connectivity index (χ0) is 24.4. The molecule has 4 aromatic rings. The van der Waals surface area contributed by atoms with Gasteiger partial charge in [0.15, 0.2) is 5.78 Å². The predicted octanol–water partition coefficient (Wildman–Crippen LogP) is 6.32. The first-order valence-electron chi connectivity index (χ1n) is 12.4. The summed E-state index contributed by atoms with van der Waals surface area (Å²) in [7, 11) is 0. The van der Waals surface area contributed by atoms with Crippen LogP contribution in [0, 0.1) is 0 Å². The molecule has 0 saturated carbocycles. The van der Waals surface area contributed by atoms with Crippen LogP contribution in [-0.2, 0) is 4.79 Å². The summed E-state index contributed by atoms with van der Waals surface area (Å²) in [5.41, 5.74) is 5.55. The first kappa shape index (κ1) is 23.6. The number of thiazole rings is 1. The number of carbonyl (C=O) groups excluding carboxylic acids is 1. The number of ketones is 1. The average Bonchev–Trinajstić information content (AvgIpc) is 3.22. The molecule has 180 valence electrons. The number of benzene rings is 2. The lowest BCUT2D eigenvalue weighted by molar-refractivity contribution is -0.122. The number of fused-ring (bicyclic) bond motifs is 1. The van der Waals surface area contributed by atoms with Crippen molar-refractivity contribution in [3.8, 4) is 10.6 Å². The van der Waals surface area contributed by atoms with Crippen molar-refractivity contribution in [1.82, 2.24) is 14.9 Å². The number of rotatable bonds is 6. The Labute approximate surface area is 211 Å². The zero-order valence-corrected chi connectivity index (χ0v) is 21.5. The van der Waals surface area contributed by atoms with Gasteiger partial charge in [0.25, 0.3) is 0 Å². The summed E-state index contributed by atoms with van der Waals surface area (Å²) in [5, 5.41) is 4.21. The van der Waals surface area contributed by atoms with Gasteiger partial charge in [0.2, 0.25) is 0 Å². The first-order chi connectivity index (χ1) is 17.0. The smallest absolute Gasteiger partial charge is 0.153 e. The molecule has 0 aliphatic carbocycles. The lowest BCUT2D eigenvalue weighted by atomic mass is 9.99. The summed E-state index contributed by atoms with van der Waals surface area (Å²) >= 11 is 1.61. The van der Waals surface area contributed by atoms with Crippen molar-refractivity contribution in [3.05, 3.63) is 77.4 Å². The van der Waals surface area contributed by atoms with E-state index in [2.05, 4.69) is 59.4 Å². The van der Waals surface area contributed by atoms with Gasteiger partial charge in [-0.1, -0.05) is 50.2 Å². The summed E-state index contributed by atoms with van der Waals surface area (Å²) in [6, 6.07) is 18.6. The van der Waals surface area contributed by atoms with Gasteiger partial charge < -0.3 is 4.90 Å². The first-order valence-corrected chi connectivity index (χ1v) is 13.3. The Kier molecular flexibility index (Phi) is 6.93. The van der Waals surface area contributed by atoms with E-state index >= 15 is 0 Å². The molecule has 0 bridgehead atoms. The minimum absolute atomic E-state index is 0.150. The molecule has 6 heteroatoms. The van der Waals surface area contributed by atoms with E-state index in [0.29, 0.717) is 5.92 Å². The summed E-state index contributed by atoms with van der Waals surface area (Å²) in [4.78, 5) is 27.2. The molecule has 0 amide bonds. The minimum atomic E-state index is -0.305. The fraction of sp³-hybridized carbons (Fsp3) is 0.345. The number of pyridine rings is 1. The molecule has 1 aliphatic rings. The van der Waals surface area contributed by atoms with Crippen molar-refractivity contribution >= 4 is 33.7 Å². The Hall–Kier alpha value is -3.09. The molecule has 1 saturated heterocycles. The third kappa shape index (κ3) is 5.00. The van der Waals surface area contributed by atoms with E-state index in [9.17, 15) is 4.79 Å². The Bertz CT molecular complexity index is 1320. The van der Waals surface area contributed by atoms with E-state index in [-0.39, 0.29) is 11.8 Å². The molecule has 2 aromatic heterocycles. The van der Waals surface area contributed by atoms with E-state index in [0.717, 1.165) is 54.4 Å². The second kappa shape index (κ2) is 10.3. The van der Waals surface area contributed by atoms with Gasteiger partial charge in [-0.25, -0.2) is 4.98 Å². The molecular formula is C29H32N4OS. The van der Waals surface area contributed by atoms with Crippen LogP contribution >= 0.6 is 11.3 Å². The highest BCUT2D eigenvalue weighted by molar-refractivity contribution is 7.13. The monoisotopic (exact) mass is 484 g/mol. The fourth-order valence-electron chi connectivity index (χ4n) is 4.98. The Balaban J connectivity index is 1.40. The highest BCUT2D eigenvalue weighted by atomic mass is 32.1. The quantitative estimate of drug-likeness (QED) is 0.320. The molecule has 1 fully saturated rings. The van der Waals surface area contributed by atoms with Gasteiger partial charge >= 0.3 is 0 Å². The topological polar surface area (TPSA) is 49.3 Å². The largest absolute Gasteiger partial charge is 0.368 e. The standard InChI is InChI=1S/C29H32N4OS/c1-20(2)24-17-23-11-7-12-30-27(23)26(18-24)32-13-8-14-33(16-15-32)28(21(3)34)25-19-35-29(31-25)22-9-5-4-6-10-22/h4-7,9-12,17-20,28H,8,13-16H2,1-3H3. The highest BCUT2D eigenvalue weighted by Gasteiger charge is 2.29. The van der Waals surface area contributed by atoms with Crippen LogP contribution in [0.25, 0.3) is 21.5 Å². The summed E-state index contributed by atoms with van der Waals surface area (Å²) in [6.45, 7) is 9.64. The molecule has 35 heavy (non-hydrogen) atoms. The van der Waals surface area contributed by atoms with Gasteiger partial charge in [-0.15, -0.1) is 11.3 Å². The second-order valence-electron chi connectivity index (χ2n) is 9.60. The molecule has 0 N–H and O–H groups in total. The number of aromatic nitrogens is 2. The average molecular weight is 485 g/mol. The fourth-order valence-corrected chi connectivity index (χ4v) is 5.83. The van der Waals surface area contributed by atoms with Gasteiger partial charge in [-0.05, 0) is 43.0 Å². The van der Waals surface area contributed by atoms with E-state index in [4.69, 9.17) is 9.97 Å². The van der Waals surface area contributed by atoms with Crippen molar-refractivity contribution in [2.24, 2.45) is 0 Å². The SMILES string of the molecule is CC(=O)C(c1csc(-c2ccccc2)n1)N1CCCN(c2cc(C(C)C)cc3cccnc23)CC1. The lowest BCUT2D eigenvalue weighted by Gasteiger charge is -2.28. The molecule has 1 unspecified atom stereocenters. The van der Waals surface area contributed by atoms with Crippen molar-refractivity contribution < 1.29 is 4.79 Å². The van der Waals surface area contributed by atoms with Crippen molar-refractivity contribution in [1.29, 1.82) is 0 Å². The minimum Gasteiger partial charge on any atom is -0.368 e. The number of hydrogen-bond acceptors (Lipinski definition) is 6. The molecule has 0 radical (unpaired) electrons. The molecule has 3 heterocycles. The maximum atomic E-state index is 12.8. The van der Waals surface area contributed by atoms with Crippen LogP contribution < -0.4 is 4.90 Å². The summed E-state index contributed by atoms with van der Waals surface area (Å²) in [5.74, 6) is 0.602. The lowest BCUT2D eigenvalue weighted by Crippen LogP contribution is -2.37.